The summed E-state index contributed by atoms with van der Waals surface area (Å²) in [6, 6.07) is 7.53. The van der Waals surface area contributed by atoms with Gasteiger partial charge in [0.25, 0.3) is 0 Å². The van der Waals surface area contributed by atoms with Crippen molar-refractivity contribution in [2.75, 3.05) is 13.1 Å². The molecule has 20 heavy (non-hydrogen) atoms. The summed E-state index contributed by atoms with van der Waals surface area (Å²) in [6.45, 7) is 0.695. The highest BCUT2D eigenvalue weighted by Crippen LogP contribution is 2.33. The van der Waals surface area contributed by atoms with E-state index in [4.69, 9.17) is 5.73 Å². The first-order chi connectivity index (χ1) is 9.64. The van der Waals surface area contributed by atoms with Gasteiger partial charge in [0.15, 0.2) is 0 Å². The van der Waals surface area contributed by atoms with Gasteiger partial charge in [-0.2, -0.15) is 9.40 Å². The Bertz CT molecular complexity index is 697. The van der Waals surface area contributed by atoms with Crippen LogP contribution < -0.4 is 5.73 Å². The van der Waals surface area contributed by atoms with E-state index in [2.05, 4.69) is 10.2 Å². The summed E-state index contributed by atoms with van der Waals surface area (Å²) in [6.07, 6.45) is 3.41. The third kappa shape index (κ3) is 2.04. The molecule has 1 aromatic carbocycles. The topological polar surface area (TPSA) is 92.1 Å². The highest BCUT2D eigenvalue weighted by Gasteiger charge is 2.35. The number of sulfonamides is 1. The SMILES string of the molecule is NCC1c2ccccc2CCN1S(=O)(=O)c1cn[nH]c1. The number of aromatic nitrogens is 2. The minimum absolute atomic E-state index is 0.176. The van der Waals surface area contributed by atoms with E-state index >= 15 is 0 Å². The summed E-state index contributed by atoms with van der Waals surface area (Å²) in [5.74, 6) is 0. The Balaban J connectivity index is 2.04. The van der Waals surface area contributed by atoms with E-state index in [9.17, 15) is 8.42 Å². The van der Waals surface area contributed by atoms with Crippen molar-refractivity contribution in [1.82, 2.24) is 14.5 Å². The second kappa shape index (κ2) is 5.01. The van der Waals surface area contributed by atoms with Gasteiger partial charge in [0, 0.05) is 19.3 Å². The van der Waals surface area contributed by atoms with Crippen molar-refractivity contribution in [1.29, 1.82) is 0 Å². The quantitative estimate of drug-likeness (QED) is 0.869. The number of aromatic amines is 1. The molecule has 1 aliphatic heterocycles. The molecule has 0 fully saturated rings. The highest BCUT2D eigenvalue weighted by molar-refractivity contribution is 7.89. The van der Waals surface area contributed by atoms with Gasteiger partial charge in [0.05, 0.1) is 12.2 Å². The van der Waals surface area contributed by atoms with Gasteiger partial charge in [0.2, 0.25) is 10.0 Å². The lowest BCUT2D eigenvalue weighted by atomic mass is 9.94. The lowest BCUT2D eigenvalue weighted by Gasteiger charge is -2.35. The van der Waals surface area contributed by atoms with Crippen LogP contribution in [0.1, 0.15) is 17.2 Å². The minimum Gasteiger partial charge on any atom is -0.329 e. The summed E-state index contributed by atoms with van der Waals surface area (Å²) in [7, 11) is -3.56. The van der Waals surface area contributed by atoms with E-state index in [0.29, 0.717) is 13.0 Å². The van der Waals surface area contributed by atoms with E-state index in [1.54, 1.807) is 0 Å². The summed E-state index contributed by atoms with van der Waals surface area (Å²) in [5.41, 5.74) is 7.99. The van der Waals surface area contributed by atoms with Crippen LogP contribution in [0.15, 0.2) is 41.6 Å². The monoisotopic (exact) mass is 292 g/mol. The summed E-state index contributed by atoms with van der Waals surface area (Å²) in [4.78, 5) is 0.176. The maximum absolute atomic E-state index is 12.6. The van der Waals surface area contributed by atoms with Crippen LogP contribution in [0.3, 0.4) is 0 Å². The lowest BCUT2D eigenvalue weighted by molar-refractivity contribution is 0.313. The third-order valence-electron chi connectivity index (χ3n) is 3.67. The number of hydrogen-bond donors (Lipinski definition) is 2. The molecule has 0 radical (unpaired) electrons. The van der Waals surface area contributed by atoms with Gasteiger partial charge >= 0.3 is 0 Å². The van der Waals surface area contributed by atoms with Gasteiger partial charge in [-0.1, -0.05) is 24.3 Å². The zero-order chi connectivity index (χ0) is 14.2. The second-order valence-corrected chi connectivity index (χ2v) is 6.64. The Hall–Kier alpha value is -1.70. The number of nitrogens with one attached hydrogen (secondary N) is 1. The van der Waals surface area contributed by atoms with Gasteiger partial charge < -0.3 is 5.73 Å². The molecule has 0 saturated heterocycles. The highest BCUT2D eigenvalue weighted by atomic mass is 32.2. The fraction of sp³-hybridized carbons (Fsp3) is 0.308. The average Bonchev–Trinajstić information content (AvgIpc) is 3.00. The van der Waals surface area contributed by atoms with E-state index in [0.717, 1.165) is 5.56 Å². The van der Waals surface area contributed by atoms with Crippen molar-refractivity contribution in [2.45, 2.75) is 17.4 Å². The van der Waals surface area contributed by atoms with Crippen molar-refractivity contribution < 1.29 is 8.42 Å². The molecule has 1 aromatic heterocycles. The molecule has 106 valence electrons. The lowest BCUT2D eigenvalue weighted by Crippen LogP contribution is -2.42. The number of nitrogens with two attached hydrogens (primary N) is 1. The maximum atomic E-state index is 12.6. The van der Waals surface area contributed by atoms with Gasteiger partial charge in [-0.05, 0) is 17.5 Å². The van der Waals surface area contributed by atoms with Crippen LogP contribution in [0.5, 0.6) is 0 Å². The van der Waals surface area contributed by atoms with Crippen LogP contribution in [0, 0.1) is 0 Å². The fourth-order valence-electron chi connectivity index (χ4n) is 2.68. The Morgan fingerprint density at radius 3 is 2.90 bits per heavy atom. The predicted molar refractivity (Wildman–Crippen MR) is 74.4 cm³/mol. The molecule has 6 nitrogen and oxygen atoms in total. The molecule has 0 saturated carbocycles. The minimum atomic E-state index is -3.56. The Kier molecular flexibility index (Phi) is 3.33. The second-order valence-electron chi connectivity index (χ2n) is 4.75. The third-order valence-corrected chi connectivity index (χ3v) is 5.54. The molecule has 3 N–H and O–H groups in total. The van der Waals surface area contributed by atoms with E-state index < -0.39 is 10.0 Å². The van der Waals surface area contributed by atoms with Gasteiger partial charge in [-0.25, -0.2) is 8.42 Å². The number of nitrogens with zero attached hydrogens (tertiary/aromatic N) is 2. The zero-order valence-electron chi connectivity index (χ0n) is 10.9. The molecular weight excluding hydrogens is 276 g/mol. The van der Waals surface area contributed by atoms with Crippen molar-refractivity contribution in [2.24, 2.45) is 5.73 Å². The van der Waals surface area contributed by atoms with Crippen molar-refractivity contribution in [3.63, 3.8) is 0 Å². The molecule has 1 atom stereocenters. The Morgan fingerprint density at radius 2 is 2.20 bits per heavy atom. The Morgan fingerprint density at radius 1 is 1.40 bits per heavy atom. The zero-order valence-corrected chi connectivity index (χ0v) is 11.7. The van der Waals surface area contributed by atoms with Crippen LogP contribution >= 0.6 is 0 Å². The summed E-state index contributed by atoms with van der Waals surface area (Å²) >= 11 is 0. The van der Waals surface area contributed by atoms with E-state index in [1.807, 2.05) is 24.3 Å². The van der Waals surface area contributed by atoms with Gasteiger partial charge in [-0.15, -0.1) is 0 Å². The van der Waals surface area contributed by atoms with Crippen LogP contribution in [-0.2, 0) is 16.4 Å². The number of hydrogen-bond acceptors (Lipinski definition) is 4. The van der Waals surface area contributed by atoms with Crippen molar-refractivity contribution in [3.8, 4) is 0 Å². The smallest absolute Gasteiger partial charge is 0.246 e. The molecule has 2 heterocycles. The molecule has 0 aliphatic carbocycles. The first-order valence-corrected chi connectivity index (χ1v) is 7.87. The number of H-pyrrole nitrogens is 1. The number of rotatable bonds is 3. The van der Waals surface area contributed by atoms with E-state index in [-0.39, 0.29) is 17.5 Å². The van der Waals surface area contributed by atoms with Crippen LogP contribution in [0.25, 0.3) is 0 Å². The van der Waals surface area contributed by atoms with E-state index in [1.165, 1.54) is 22.3 Å². The van der Waals surface area contributed by atoms with Crippen LogP contribution in [0.2, 0.25) is 0 Å². The molecule has 1 aliphatic rings. The number of fused-ring (bicyclic) bond motifs is 1. The van der Waals surface area contributed by atoms with Crippen molar-refractivity contribution in [3.05, 3.63) is 47.8 Å². The maximum Gasteiger partial charge on any atom is 0.246 e. The molecule has 1 unspecified atom stereocenters. The summed E-state index contributed by atoms with van der Waals surface area (Å²) in [5, 5.41) is 6.26. The van der Waals surface area contributed by atoms with Gasteiger partial charge in [0.1, 0.15) is 4.90 Å². The molecule has 3 rings (SSSR count). The average molecular weight is 292 g/mol. The molecule has 0 bridgehead atoms. The molecule has 2 aromatic rings. The molecule has 0 amide bonds. The predicted octanol–water partition coefficient (Wildman–Crippen LogP) is 0.656. The van der Waals surface area contributed by atoms with Crippen LogP contribution in [-0.4, -0.2) is 36.0 Å². The first-order valence-electron chi connectivity index (χ1n) is 6.43. The largest absolute Gasteiger partial charge is 0.329 e. The number of benzene rings is 1. The molecule has 0 spiro atoms. The standard InChI is InChI=1S/C13H16N4O2S/c14-7-13-12-4-2-1-3-10(12)5-6-17(13)20(18,19)11-8-15-16-9-11/h1-4,8-9,13H,5-7,14H2,(H,15,16). The molecule has 7 heteroatoms. The van der Waals surface area contributed by atoms with Gasteiger partial charge in [-0.3, -0.25) is 5.10 Å². The first kappa shape index (κ1) is 13.3. The summed E-state index contributed by atoms with van der Waals surface area (Å²) < 4.78 is 26.7. The fourth-order valence-corrected chi connectivity index (χ4v) is 4.20. The Labute approximate surface area is 117 Å². The normalized spacial score (nSPS) is 19.8. The molecular formula is C13H16N4O2S. The van der Waals surface area contributed by atoms with Crippen molar-refractivity contribution >= 4 is 10.0 Å². The van der Waals surface area contributed by atoms with Crippen LogP contribution in [0.4, 0.5) is 0 Å².